The maximum Gasteiger partial charge on any atom is 0.254 e. The molecule has 5 nitrogen and oxygen atoms in total. The molecule has 5 heteroatoms. The molecular weight excluding hydrogens is 266 g/mol. The lowest BCUT2D eigenvalue weighted by Gasteiger charge is -2.27. The summed E-state index contributed by atoms with van der Waals surface area (Å²) in [6.45, 7) is 7.69. The molecule has 1 aliphatic heterocycles. The Morgan fingerprint density at radius 1 is 1.29 bits per heavy atom. The number of amides is 1. The molecule has 1 saturated heterocycles. The molecule has 1 aliphatic rings. The van der Waals surface area contributed by atoms with Crippen LogP contribution in [0, 0.1) is 0 Å². The lowest BCUT2D eigenvalue weighted by molar-refractivity contribution is 0.0303. The number of carbonyl (C=O) groups is 1. The normalized spacial score (nSPS) is 15.0. The highest BCUT2D eigenvalue weighted by molar-refractivity contribution is 5.95. The summed E-state index contributed by atoms with van der Waals surface area (Å²) in [6.07, 6.45) is 2.95. The molecule has 1 aromatic rings. The number of morpholine rings is 1. The van der Waals surface area contributed by atoms with Crippen molar-refractivity contribution in [2.75, 3.05) is 38.2 Å². The number of nitrogens with one attached hydrogen (secondary N) is 1. The van der Waals surface area contributed by atoms with Crippen LogP contribution < -0.4 is 5.32 Å². The molecule has 0 saturated carbocycles. The van der Waals surface area contributed by atoms with Crippen molar-refractivity contribution in [3.63, 3.8) is 0 Å². The Bertz CT molecular complexity index is 471. The van der Waals surface area contributed by atoms with Crippen LogP contribution in [-0.2, 0) is 11.2 Å². The number of hydrogen-bond donors (Lipinski definition) is 1. The van der Waals surface area contributed by atoms with Gasteiger partial charge in [0.05, 0.1) is 13.2 Å². The molecule has 2 rings (SSSR count). The lowest BCUT2D eigenvalue weighted by atomic mass is 10.1. The van der Waals surface area contributed by atoms with Gasteiger partial charge in [0.1, 0.15) is 5.82 Å². The first-order chi connectivity index (χ1) is 10.2. The van der Waals surface area contributed by atoms with E-state index in [9.17, 15) is 4.79 Å². The second kappa shape index (κ2) is 7.98. The Labute approximate surface area is 126 Å². The van der Waals surface area contributed by atoms with Crippen molar-refractivity contribution in [1.82, 2.24) is 9.88 Å². The number of carbonyl (C=O) groups excluding carboxylic acids is 1. The number of anilines is 1. The quantitative estimate of drug-likeness (QED) is 0.874. The Hall–Kier alpha value is -1.62. The summed E-state index contributed by atoms with van der Waals surface area (Å²) in [6, 6.07) is 3.80. The van der Waals surface area contributed by atoms with Crippen LogP contribution in [-0.4, -0.2) is 48.6 Å². The van der Waals surface area contributed by atoms with Gasteiger partial charge in [0.15, 0.2) is 0 Å². The minimum absolute atomic E-state index is 0.0811. The van der Waals surface area contributed by atoms with Crippen LogP contribution in [0.3, 0.4) is 0 Å². The van der Waals surface area contributed by atoms with E-state index in [0.717, 1.165) is 42.9 Å². The first kappa shape index (κ1) is 15.8. The van der Waals surface area contributed by atoms with Crippen LogP contribution in [0.2, 0.25) is 0 Å². The number of aromatic nitrogens is 1. The van der Waals surface area contributed by atoms with E-state index >= 15 is 0 Å². The van der Waals surface area contributed by atoms with Gasteiger partial charge in [-0.15, -0.1) is 0 Å². The highest BCUT2D eigenvalue weighted by Crippen LogP contribution is 2.15. The zero-order chi connectivity index (χ0) is 15.1. The van der Waals surface area contributed by atoms with Gasteiger partial charge in [0, 0.05) is 30.9 Å². The van der Waals surface area contributed by atoms with Gasteiger partial charge in [-0.25, -0.2) is 4.98 Å². The second-order valence-electron chi connectivity index (χ2n) is 5.31. The molecule has 1 amide bonds. The number of rotatable bonds is 6. The Morgan fingerprint density at radius 3 is 2.71 bits per heavy atom. The summed E-state index contributed by atoms with van der Waals surface area (Å²) in [7, 11) is 0. The molecule has 0 spiro atoms. The largest absolute Gasteiger partial charge is 0.378 e. The van der Waals surface area contributed by atoms with E-state index in [1.165, 1.54) is 0 Å². The van der Waals surface area contributed by atoms with Gasteiger partial charge in [0.25, 0.3) is 5.91 Å². The highest BCUT2D eigenvalue weighted by Gasteiger charge is 2.19. The van der Waals surface area contributed by atoms with Gasteiger partial charge in [-0.05, 0) is 25.0 Å². The van der Waals surface area contributed by atoms with E-state index in [1.54, 1.807) is 0 Å². The number of hydrogen-bond acceptors (Lipinski definition) is 4. The Morgan fingerprint density at radius 2 is 2.05 bits per heavy atom. The Balaban J connectivity index is 2.18. The molecule has 0 aromatic carbocycles. The van der Waals surface area contributed by atoms with Crippen LogP contribution in [0.5, 0.6) is 0 Å². The van der Waals surface area contributed by atoms with Crippen molar-refractivity contribution in [3.05, 3.63) is 23.4 Å². The molecule has 0 bridgehead atoms. The number of nitrogens with zero attached hydrogens (tertiary/aromatic N) is 2. The molecule has 2 heterocycles. The van der Waals surface area contributed by atoms with Crippen LogP contribution in [0.1, 0.15) is 42.7 Å². The molecule has 0 aliphatic carbocycles. The summed E-state index contributed by atoms with van der Waals surface area (Å²) < 4.78 is 5.31. The molecule has 1 N–H and O–H groups in total. The molecule has 1 fully saturated rings. The highest BCUT2D eigenvalue weighted by atomic mass is 16.5. The van der Waals surface area contributed by atoms with Gasteiger partial charge < -0.3 is 15.0 Å². The fourth-order valence-electron chi connectivity index (χ4n) is 2.39. The van der Waals surface area contributed by atoms with E-state index in [4.69, 9.17) is 4.74 Å². The summed E-state index contributed by atoms with van der Waals surface area (Å²) in [5, 5.41) is 3.28. The fourth-order valence-corrected chi connectivity index (χ4v) is 2.39. The van der Waals surface area contributed by atoms with Gasteiger partial charge >= 0.3 is 0 Å². The van der Waals surface area contributed by atoms with Crippen molar-refractivity contribution < 1.29 is 9.53 Å². The standard InChI is InChI=1S/C16H25N3O2/c1-3-5-14-11-13(12-15(18-14)17-6-4-2)16(20)19-7-9-21-10-8-19/h11-12H,3-10H2,1-2H3,(H,17,18). The molecule has 21 heavy (non-hydrogen) atoms. The van der Waals surface area contributed by atoms with Crippen LogP contribution in [0.4, 0.5) is 5.82 Å². The Kier molecular flexibility index (Phi) is 5.99. The average Bonchev–Trinajstić information content (AvgIpc) is 2.53. The third-order valence-corrected chi connectivity index (χ3v) is 3.49. The van der Waals surface area contributed by atoms with Gasteiger partial charge in [-0.1, -0.05) is 20.3 Å². The maximum absolute atomic E-state index is 12.6. The van der Waals surface area contributed by atoms with Crippen LogP contribution in [0.25, 0.3) is 0 Å². The molecule has 0 radical (unpaired) electrons. The summed E-state index contributed by atoms with van der Waals surface area (Å²) in [5.41, 5.74) is 1.71. The van der Waals surface area contributed by atoms with Crippen molar-refractivity contribution >= 4 is 11.7 Å². The van der Waals surface area contributed by atoms with E-state index in [2.05, 4.69) is 24.1 Å². The van der Waals surface area contributed by atoms with E-state index in [1.807, 2.05) is 17.0 Å². The lowest BCUT2D eigenvalue weighted by Crippen LogP contribution is -2.40. The van der Waals surface area contributed by atoms with E-state index < -0.39 is 0 Å². The van der Waals surface area contributed by atoms with Gasteiger partial charge in [-0.2, -0.15) is 0 Å². The summed E-state index contributed by atoms with van der Waals surface area (Å²) >= 11 is 0. The zero-order valence-corrected chi connectivity index (χ0v) is 13.0. The predicted octanol–water partition coefficient (Wildman–Crippen LogP) is 2.33. The van der Waals surface area contributed by atoms with Crippen molar-refractivity contribution in [2.24, 2.45) is 0 Å². The number of ether oxygens (including phenoxy) is 1. The van der Waals surface area contributed by atoms with Gasteiger partial charge in [0.2, 0.25) is 0 Å². The van der Waals surface area contributed by atoms with Crippen LogP contribution in [0.15, 0.2) is 12.1 Å². The monoisotopic (exact) mass is 291 g/mol. The topological polar surface area (TPSA) is 54.5 Å². The molecular formula is C16H25N3O2. The molecule has 0 atom stereocenters. The van der Waals surface area contributed by atoms with Crippen molar-refractivity contribution in [3.8, 4) is 0 Å². The van der Waals surface area contributed by atoms with Crippen molar-refractivity contribution in [2.45, 2.75) is 33.1 Å². The zero-order valence-electron chi connectivity index (χ0n) is 13.0. The fraction of sp³-hybridized carbons (Fsp3) is 0.625. The second-order valence-corrected chi connectivity index (χ2v) is 5.31. The van der Waals surface area contributed by atoms with Crippen LogP contribution >= 0.6 is 0 Å². The summed E-state index contributed by atoms with van der Waals surface area (Å²) in [4.78, 5) is 19.0. The number of aryl methyl sites for hydroxylation is 1. The average molecular weight is 291 g/mol. The summed E-state index contributed by atoms with van der Waals surface area (Å²) in [5.74, 6) is 0.886. The first-order valence-corrected chi connectivity index (χ1v) is 7.86. The molecule has 0 unspecified atom stereocenters. The molecule has 1 aromatic heterocycles. The predicted molar refractivity (Wildman–Crippen MR) is 83.7 cm³/mol. The minimum atomic E-state index is 0.0811. The number of pyridine rings is 1. The minimum Gasteiger partial charge on any atom is -0.378 e. The van der Waals surface area contributed by atoms with E-state index in [0.29, 0.717) is 26.3 Å². The third kappa shape index (κ3) is 4.43. The first-order valence-electron chi connectivity index (χ1n) is 7.86. The SMILES string of the molecule is CCCNc1cc(C(=O)N2CCOCC2)cc(CCC)n1. The third-order valence-electron chi connectivity index (χ3n) is 3.49. The molecule has 116 valence electrons. The van der Waals surface area contributed by atoms with Gasteiger partial charge in [-0.3, -0.25) is 4.79 Å². The van der Waals surface area contributed by atoms with Crippen molar-refractivity contribution in [1.29, 1.82) is 0 Å². The maximum atomic E-state index is 12.6. The van der Waals surface area contributed by atoms with E-state index in [-0.39, 0.29) is 5.91 Å². The smallest absolute Gasteiger partial charge is 0.254 e.